The van der Waals surface area contributed by atoms with Crippen LogP contribution in [-0.4, -0.2) is 21.6 Å². The zero-order valence-corrected chi connectivity index (χ0v) is 16.8. The van der Waals surface area contributed by atoms with Gasteiger partial charge in [-0.05, 0) is 48.4 Å². The summed E-state index contributed by atoms with van der Waals surface area (Å²) in [6, 6.07) is 21.1. The van der Waals surface area contributed by atoms with Crippen LogP contribution >= 0.6 is 0 Å². The third-order valence-corrected chi connectivity index (χ3v) is 4.86. The summed E-state index contributed by atoms with van der Waals surface area (Å²) in [6.45, 7) is 1.93. The second kappa shape index (κ2) is 8.57. The average Bonchev–Trinajstić information content (AvgIpc) is 2.79. The summed E-state index contributed by atoms with van der Waals surface area (Å²) in [5.74, 6) is 1.33. The predicted octanol–water partition coefficient (Wildman–Crippen LogP) is 4.78. The van der Waals surface area contributed by atoms with E-state index in [4.69, 9.17) is 4.74 Å². The van der Waals surface area contributed by atoms with E-state index >= 15 is 0 Å². The fourth-order valence-corrected chi connectivity index (χ4v) is 3.40. The maximum atomic E-state index is 12.9. The van der Waals surface area contributed by atoms with Gasteiger partial charge in [-0.15, -0.1) is 0 Å². The number of pyridine rings is 1. The average molecular weight is 395 g/mol. The van der Waals surface area contributed by atoms with Gasteiger partial charge in [-0.2, -0.15) is 4.98 Å². The molecule has 0 bridgehead atoms. The Labute approximate surface area is 175 Å². The molecule has 2 aromatic heterocycles. The lowest BCUT2D eigenvalue weighted by molar-refractivity contribution is 0.415. The van der Waals surface area contributed by atoms with Gasteiger partial charge in [0.05, 0.1) is 24.6 Å². The van der Waals surface area contributed by atoms with Gasteiger partial charge in [-0.25, -0.2) is 0 Å². The molecule has 148 valence electrons. The monoisotopic (exact) mass is 395 g/mol. The minimum atomic E-state index is -0.256. The van der Waals surface area contributed by atoms with Crippen molar-refractivity contribution in [2.45, 2.75) is 6.92 Å². The maximum absolute atomic E-state index is 12.9. The summed E-state index contributed by atoms with van der Waals surface area (Å²) in [4.78, 5) is 21.6. The number of ether oxygens (including phenoxy) is 1. The molecule has 0 atom stereocenters. The topological polar surface area (TPSA) is 57.0 Å². The zero-order valence-electron chi connectivity index (χ0n) is 16.8. The van der Waals surface area contributed by atoms with E-state index in [9.17, 15) is 4.79 Å². The number of hydrogen-bond acceptors (Lipinski definition) is 4. The third-order valence-electron chi connectivity index (χ3n) is 4.86. The second-order valence-electron chi connectivity index (χ2n) is 6.75. The van der Waals surface area contributed by atoms with Crippen LogP contribution in [0.15, 0.2) is 83.9 Å². The standard InChI is InChI=1S/C25H21N3O2/c1-18-24(20-7-4-3-5-8-20)25(29)27-23(28(18)21-9-6-16-26-17-21)15-12-19-10-13-22(30-2)14-11-19/h3-17H,1-2H3/b15-12+. The molecule has 0 amide bonds. The number of benzene rings is 2. The normalized spacial score (nSPS) is 11.0. The Morgan fingerprint density at radius 1 is 0.933 bits per heavy atom. The number of methoxy groups -OCH3 is 1. The van der Waals surface area contributed by atoms with Crippen LogP contribution in [0.25, 0.3) is 29.0 Å². The minimum absolute atomic E-state index is 0.256. The molecular weight excluding hydrogens is 374 g/mol. The van der Waals surface area contributed by atoms with Crippen LogP contribution in [0.4, 0.5) is 0 Å². The molecule has 30 heavy (non-hydrogen) atoms. The van der Waals surface area contributed by atoms with Crippen molar-refractivity contribution in [1.29, 1.82) is 0 Å². The Bertz CT molecular complexity index is 1230. The molecule has 0 aliphatic heterocycles. The van der Waals surface area contributed by atoms with Crippen LogP contribution in [0.3, 0.4) is 0 Å². The van der Waals surface area contributed by atoms with E-state index in [-0.39, 0.29) is 5.56 Å². The molecule has 0 aliphatic carbocycles. The van der Waals surface area contributed by atoms with Crippen LogP contribution in [0.2, 0.25) is 0 Å². The van der Waals surface area contributed by atoms with Gasteiger partial charge in [0, 0.05) is 11.9 Å². The van der Waals surface area contributed by atoms with E-state index in [0.717, 1.165) is 28.3 Å². The van der Waals surface area contributed by atoms with Crippen molar-refractivity contribution in [2.24, 2.45) is 0 Å². The zero-order chi connectivity index (χ0) is 20.9. The van der Waals surface area contributed by atoms with Gasteiger partial charge in [0.1, 0.15) is 11.6 Å². The first-order valence-corrected chi connectivity index (χ1v) is 9.59. The van der Waals surface area contributed by atoms with Crippen molar-refractivity contribution in [3.8, 4) is 22.6 Å². The molecule has 4 rings (SSSR count). The Hall–Kier alpha value is -3.99. The molecule has 2 heterocycles. The molecule has 0 N–H and O–H groups in total. The maximum Gasteiger partial charge on any atom is 0.281 e. The van der Waals surface area contributed by atoms with E-state index in [1.807, 2.05) is 90.4 Å². The summed E-state index contributed by atoms with van der Waals surface area (Å²) in [5.41, 5.74) is 3.80. The lowest BCUT2D eigenvalue weighted by Crippen LogP contribution is -2.20. The van der Waals surface area contributed by atoms with Gasteiger partial charge in [0.15, 0.2) is 0 Å². The Morgan fingerprint density at radius 2 is 1.70 bits per heavy atom. The lowest BCUT2D eigenvalue weighted by Gasteiger charge is -2.17. The molecular formula is C25H21N3O2. The smallest absolute Gasteiger partial charge is 0.281 e. The van der Waals surface area contributed by atoms with Crippen molar-refractivity contribution >= 4 is 12.2 Å². The Morgan fingerprint density at radius 3 is 2.37 bits per heavy atom. The highest BCUT2D eigenvalue weighted by Crippen LogP contribution is 2.23. The third kappa shape index (κ3) is 3.91. The summed E-state index contributed by atoms with van der Waals surface area (Å²) in [6.07, 6.45) is 7.26. The summed E-state index contributed by atoms with van der Waals surface area (Å²) < 4.78 is 7.16. The highest BCUT2D eigenvalue weighted by atomic mass is 16.5. The Kier molecular flexibility index (Phi) is 5.52. The summed E-state index contributed by atoms with van der Waals surface area (Å²) >= 11 is 0. The molecule has 4 aromatic rings. The van der Waals surface area contributed by atoms with E-state index in [2.05, 4.69) is 9.97 Å². The second-order valence-corrected chi connectivity index (χ2v) is 6.75. The molecule has 0 unspecified atom stereocenters. The molecule has 0 fully saturated rings. The van der Waals surface area contributed by atoms with Crippen molar-refractivity contribution in [2.75, 3.05) is 7.11 Å². The molecule has 2 aromatic carbocycles. The SMILES string of the molecule is COc1ccc(/C=C/c2nc(=O)c(-c3ccccc3)c(C)n2-c2cccnc2)cc1. The molecule has 0 aliphatic rings. The molecule has 5 nitrogen and oxygen atoms in total. The van der Waals surface area contributed by atoms with E-state index < -0.39 is 0 Å². The van der Waals surface area contributed by atoms with Crippen LogP contribution < -0.4 is 10.3 Å². The van der Waals surface area contributed by atoms with E-state index in [1.165, 1.54) is 0 Å². The number of hydrogen-bond donors (Lipinski definition) is 0. The van der Waals surface area contributed by atoms with Gasteiger partial charge in [-0.3, -0.25) is 14.3 Å². The number of aromatic nitrogens is 3. The van der Waals surface area contributed by atoms with Crippen molar-refractivity contribution in [3.05, 3.63) is 107 Å². The van der Waals surface area contributed by atoms with Gasteiger partial charge in [0.2, 0.25) is 0 Å². The van der Waals surface area contributed by atoms with Gasteiger partial charge in [-0.1, -0.05) is 48.5 Å². The summed E-state index contributed by atoms with van der Waals surface area (Å²) in [5, 5.41) is 0. The Balaban J connectivity index is 1.87. The van der Waals surface area contributed by atoms with E-state index in [1.54, 1.807) is 19.5 Å². The summed E-state index contributed by atoms with van der Waals surface area (Å²) in [7, 11) is 1.64. The van der Waals surface area contributed by atoms with Crippen LogP contribution in [0, 0.1) is 6.92 Å². The highest BCUT2D eigenvalue weighted by molar-refractivity contribution is 5.71. The first-order chi connectivity index (χ1) is 14.7. The van der Waals surface area contributed by atoms with Crippen LogP contribution in [0.5, 0.6) is 5.75 Å². The van der Waals surface area contributed by atoms with Crippen molar-refractivity contribution in [3.63, 3.8) is 0 Å². The molecule has 0 saturated heterocycles. The predicted molar refractivity (Wildman–Crippen MR) is 120 cm³/mol. The molecule has 0 spiro atoms. The van der Waals surface area contributed by atoms with Crippen molar-refractivity contribution in [1.82, 2.24) is 14.5 Å². The van der Waals surface area contributed by atoms with Gasteiger partial charge in [0.25, 0.3) is 5.56 Å². The number of rotatable bonds is 5. The largest absolute Gasteiger partial charge is 0.497 e. The molecule has 0 saturated carbocycles. The highest BCUT2D eigenvalue weighted by Gasteiger charge is 2.15. The molecule has 0 radical (unpaired) electrons. The first-order valence-electron chi connectivity index (χ1n) is 9.59. The fourth-order valence-electron chi connectivity index (χ4n) is 3.40. The minimum Gasteiger partial charge on any atom is -0.497 e. The fraction of sp³-hybridized carbons (Fsp3) is 0.0800. The lowest BCUT2D eigenvalue weighted by atomic mass is 10.1. The quantitative estimate of drug-likeness (QED) is 0.488. The van der Waals surface area contributed by atoms with Gasteiger partial charge < -0.3 is 4.74 Å². The van der Waals surface area contributed by atoms with E-state index in [0.29, 0.717) is 11.4 Å². The van der Waals surface area contributed by atoms with Crippen molar-refractivity contribution < 1.29 is 4.74 Å². The van der Waals surface area contributed by atoms with Crippen LogP contribution in [0.1, 0.15) is 17.1 Å². The number of nitrogens with zero attached hydrogens (tertiary/aromatic N) is 3. The van der Waals surface area contributed by atoms with Crippen LogP contribution in [-0.2, 0) is 0 Å². The van der Waals surface area contributed by atoms with Gasteiger partial charge >= 0.3 is 0 Å². The molecule has 5 heteroatoms. The first kappa shape index (κ1) is 19.3.